The third-order valence-corrected chi connectivity index (χ3v) is 3.80. The van der Waals surface area contributed by atoms with Gasteiger partial charge in [-0.1, -0.05) is 0 Å². The summed E-state index contributed by atoms with van der Waals surface area (Å²) in [5, 5.41) is 0. The molecule has 0 spiro atoms. The lowest BCUT2D eigenvalue weighted by atomic mass is 10.2. The summed E-state index contributed by atoms with van der Waals surface area (Å²) in [6.45, 7) is 5.70. The number of aromatic nitrogens is 1. The van der Waals surface area contributed by atoms with Gasteiger partial charge in [-0.15, -0.1) is 0 Å². The minimum atomic E-state index is -0.163. The van der Waals surface area contributed by atoms with Gasteiger partial charge in [0.15, 0.2) is 5.76 Å². The van der Waals surface area contributed by atoms with Gasteiger partial charge in [-0.3, -0.25) is 9.78 Å². The van der Waals surface area contributed by atoms with Crippen molar-refractivity contribution in [3.05, 3.63) is 47.7 Å². The Labute approximate surface area is 135 Å². The summed E-state index contributed by atoms with van der Waals surface area (Å²) in [6.07, 6.45) is 3.06. The fourth-order valence-corrected chi connectivity index (χ4v) is 2.47. The van der Waals surface area contributed by atoms with Crippen LogP contribution in [0.3, 0.4) is 0 Å². The van der Waals surface area contributed by atoms with Gasteiger partial charge in [0.1, 0.15) is 18.5 Å². The summed E-state index contributed by atoms with van der Waals surface area (Å²) in [5.74, 6) is 0.997. The number of carbonyl (C=O) groups is 1. The largest absolute Gasteiger partial charge is 0.489 e. The molecule has 3 heterocycles. The number of furan rings is 1. The maximum Gasteiger partial charge on any atom is 0.289 e. The Hall–Kier alpha value is -2.34. The Morgan fingerprint density at radius 1 is 1.39 bits per heavy atom. The maximum atomic E-state index is 12.5. The molecule has 1 saturated heterocycles. The minimum absolute atomic E-state index is 0.0993. The van der Waals surface area contributed by atoms with E-state index in [-0.39, 0.29) is 12.0 Å². The molecule has 6 nitrogen and oxygen atoms in total. The summed E-state index contributed by atoms with van der Waals surface area (Å²) in [5.41, 5.74) is 1.79. The Balaban J connectivity index is 1.57. The Morgan fingerprint density at radius 2 is 2.26 bits per heavy atom. The van der Waals surface area contributed by atoms with Crippen molar-refractivity contribution in [3.8, 4) is 5.75 Å². The number of carbonyl (C=O) groups excluding carboxylic acids is 1. The van der Waals surface area contributed by atoms with Gasteiger partial charge >= 0.3 is 0 Å². The Bertz CT molecular complexity index is 665. The molecule has 1 aliphatic rings. The molecule has 1 fully saturated rings. The minimum Gasteiger partial charge on any atom is -0.489 e. The van der Waals surface area contributed by atoms with E-state index >= 15 is 0 Å². The maximum absolute atomic E-state index is 12.5. The van der Waals surface area contributed by atoms with Crippen LogP contribution in [0.2, 0.25) is 0 Å². The van der Waals surface area contributed by atoms with Gasteiger partial charge < -0.3 is 18.8 Å². The van der Waals surface area contributed by atoms with Gasteiger partial charge in [0.2, 0.25) is 0 Å². The molecular formula is C17H20N2O4. The lowest BCUT2D eigenvalue weighted by Crippen LogP contribution is -2.47. The first-order chi connectivity index (χ1) is 11.1. The number of ether oxygens (including phenoxy) is 2. The van der Waals surface area contributed by atoms with Crippen molar-refractivity contribution < 1.29 is 18.7 Å². The summed E-state index contributed by atoms with van der Waals surface area (Å²) < 4.78 is 16.7. The van der Waals surface area contributed by atoms with Crippen LogP contribution in [0.5, 0.6) is 5.75 Å². The molecule has 0 radical (unpaired) electrons. The molecule has 1 aliphatic heterocycles. The second-order valence-electron chi connectivity index (χ2n) is 5.62. The predicted octanol–water partition coefficient (Wildman–Crippen LogP) is 2.21. The van der Waals surface area contributed by atoms with E-state index in [9.17, 15) is 4.79 Å². The SMILES string of the molecule is Cc1ccc(OCC2CN(C(=O)c3occc3C)CCO2)cn1. The quantitative estimate of drug-likeness (QED) is 0.865. The highest BCUT2D eigenvalue weighted by atomic mass is 16.5. The zero-order valence-corrected chi connectivity index (χ0v) is 13.3. The van der Waals surface area contributed by atoms with Crippen molar-refractivity contribution in [3.63, 3.8) is 0 Å². The standard InChI is InChI=1S/C17H20N2O4/c1-12-5-7-22-16(12)17(20)19-6-8-21-15(10-19)11-23-14-4-3-13(2)18-9-14/h3-5,7,9,15H,6,8,10-11H2,1-2H3. The summed E-state index contributed by atoms with van der Waals surface area (Å²) in [7, 11) is 0. The van der Waals surface area contributed by atoms with Crippen molar-refractivity contribution in [2.75, 3.05) is 26.3 Å². The average Bonchev–Trinajstić information content (AvgIpc) is 3.00. The van der Waals surface area contributed by atoms with Crippen LogP contribution in [0.25, 0.3) is 0 Å². The molecule has 0 aliphatic carbocycles. The number of aryl methyl sites for hydroxylation is 2. The van der Waals surface area contributed by atoms with Crippen molar-refractivity contribution in [2.45, 2.75) is 20.0 Å². The van der Waals surface area contributed by atoms with Crippen LogP contribution < -0.4 is 4.74 Å². The number of pyridine rings is 1. The average molecular weight is 316 g/mol. The molecule has 1 amide bonds. The van der Waals surface area contributed by atoms with Crippen molar-refractivity contribution in [1.29, 1.82) is 0 Å². The highest BCUT2D eigenvalue weighted by Crippen LogP contribution is 2.16. The molecule has 3 rings (SSSR count). The van der Waals surface area contributed by atoms with E-state index in [1.54, 1.807) is 17.2 Å². The first-order valence-corrected chi connectivity index (χ1v) is 7.64. The van der Waals surface area contributed by atoms with E-state index in [0.29, 0.717) is 37.8 Å². The Kier molecular flexibility index (Phi) is 4.62. The smallest absolute Gasteiger partial charge is 0.289 e. The number of amides is 1. The van der Waals surface area contributed by atoms with E-state index in [2.05, 4.69) is 4.98 Å². The molecule has 1 atom stereocenters. The molecule has 0 N–H and O–H groups in total. The summed E-state index contributed by atoms with van der Waals surface area (Å²) >= 11 is 0. The lowest BCUT2D eigenvalue weighted by Gasteiger charge is -2.32. The van der Waals surface area contributed by atoms with Crippen LogP contribution >= 0.6 is 0 Å². The van der Waals surface area contributed by atoms with Crippen LogP contribution in [0.15, 0.2) is 35.1 Å². The van der Waals surface area contributed by atoms with Crippen LogP contribution in [0.1, 0.15) is 21.8 Å². The predicted molar refractivity (Wildman–Crippen MR) is 83.6 cm³/mol. The third kappa shape index (κ3) is 3.71. The van der Waals surface area contributed by atoms with Crippen molar-refractivity contribution in [2.24, 2.45) is 0 Å². The van der Waals surface area contributed by atoms with E-state index in [4.69, 9.17) is 13.9 Å². The molecule has 2 aromatic rings. The number of nitrogens with zero attached hydrogens (tertiary/aromatic N) is 2. The van der Waals surface area contributed by atoms with Gasteiger partial charge in [0.05, 0.1) is 25.6 Å². The number of hydrogen-bond acceptors (Lipinski definition) is 5. The van der Waals surface area contributed by atoms with E-state index in [1.807, 2.05) is 26.0 Å². The van der Waals surface area contributed by atoms with E-state index in [1.165, 1.54) is 6.26 Å². The van der Waals surface area contributed by atoms with Gasteiger partial charge in [0, 0.05) is 17.8 Å². The summed E-state index contributed by atoms with van der Waals surface area (Å²) in [4.78, 5) is 18.4. The molecule has 0 saturated carbocycles. The first kappa shape index (κ1) is 15.6. The van der Waals surface area contributed by atoms with Crippen LogP contribution in [0.4, 0.5) is 0 Å². The Morgan fingerprint density at radius 3 is 2.96 bits per heavy atom. The number of hydrogen-bond donors (Lipinski definition) is 0. The molecular weight excluding hydrogens is 296 g/mol. The number of morpholine rings is 1. The fraction of sp³-hybridized carbons (Fsp3) is 0.412. The molecule has 23 heavy (non-hydrogen) atoms. The normalized spacial score (nSPS) is 18.0. The lowest BCUT2D eigenvalue weighted by molar-refractivity contribution is -0.0408. The summed E-state index contributed by atoms with van der Waals surface area (Å²) in [6, 6.07) is 5.56. The first-order valence-electron chi connectivity index (χ1n) is 7.64. The second kappa shape index (κ2) is 6.83. The monoisotopic (exact) mass is 316 g/mol. The van der Waals surface area contributed by atoms with Crippen molar-refractivity contribution >= 4 is 5.91 Å². The molecule has 122 valence electrons. The van der Waals surface area contributed by atoms with Gasteiger partial charge in [-0.2, -0.15) is 0 Å². The van der Waals surface area contributed by atoms with Gasteiger partial charge in [0.25, 0.3) is 5.91 Å². The highest BCUT2D eigenvalue weighted by Gasteiger charge is 2.27. The zero-order chi connectivity index (χ0) is 16.2. The third-order valence-electron chi connectivity index (χ3n) is 3.80. The highest BCUT2D eigenvalue weighted by molar-refractivity contribution is 5.92. The van der Waals surface area contributed by atoms with E-state index < -0.39 is 0 Å². The second-order valence-corrected chi connectivity index (χ2v) is 5.62. The molecule has 0 bridgehead atoms. The van der Waals surface area contributed by atoms with Crippen LogP contribution in [-0.4, -0.2) is 48.2 Å². The topological polar surface area (TPSA) is 64.8 Å². The van der Waals surface area contributed by atoms with Crippen LogP contribution in [0, 0.1) is 13.8 Å². The van der Waals surface area contributed by atoms with Gasteiger partial charge in [-0.25, -0.2) is 0 Å². The van der Waals surface area contributed by atoms with Gasteiger partial charge in [-0.05, 0) is 32.0 Å². The molecule has 0 aromatic carbocycles. The molecule has 6 heteroatoms. The van der Waals surface area contributed by atoms with E-state index in [0.717, 1.165) is 11.3 Å². The zero-order valence-electron chi connectivity index (χ0n) is 13.3. The van der Waals surface area contributed by atoms with Crippen molar-refractivity contribution in [1.82, 2.24) is 9.88 Å². The molecule has 1 unspecified atom stereocenters. The molecule has 2 aromatic heterocycles. The number of rotatable bonds is 4. The fourth-order valence-electron chi connectivity index (χ4n) is 2.47. The van der Waals surface area contributed by atoms with Crippen LogP contribution in [-0.2, 0) is 4.74 Å².